The van der Waals surface area contributed by atoms with E-state index in [2.05, 4.69) is 192 Å². The summed E-state index contributed by atoms with van der Waals surface area (Å²) in [6, 6.07) is 65.8. The van der Waals surface area contributed by atoms with E-state index < -0.39 is 0 Å². The minimum absolute atomic E-state index is 1.15. The number of fused-ring (bicyclic) bond motifs is 9. The Bertz CT molecular complexity index is 2540. The van der Waals surface area contributed by atoms with Crippen molar-refractivity contribution >= 4 is 108 Å². The van der Waals surface area contributed by atoms with Crippen LogP contribution >= 0.6 is 22.7 Å². The maximum absolute atomic E-state index is 2.37. The van der Waals surface area contributed by atoms with Crippen LogP contribution in [0.1, 0.15) is 0 Å². The number of nitrogens with zero attached hydrogens (tertiary/aromatic N) is 2. The lowest BCUT2D eigenvalue weighted by molar-refractivity contribution is 1.29. The van der Waals surface area contributed by atoms with E-state index in [0.717, 1.165) is 34.1 Å². The maximum Gasteiger partial charge on any atom is 0.0476 e. The fourth-order valence-corrected chi connectivity index (χ4v) is 9.70. The molecule has 0 N–H and O–H groups in total. The van der Waals surface area contributed by atoms with Gasteiger partial charge in [0.2, 0.25) is 0 Å². The van der Waals surface area contributed by atoms with Gasteiger partial charge in [0, 0.05) is 79.9 Å². The van der Waals surface area contributed by atoms with Gasteiger partial charge in [-0.05, 0) is 90.3 Å². The zero-order chi connectivity index (χ0) is 33.0. The fourth-order valence-electron chi connectivity index (χ4n) is 7.41. The van der Waals surface area contributed by atoms with E-state index in [-0.39, 0.29) is 0 Å². The third-order valence-corrected chi connectivity index (χ3v) is 11.8. The second kappa shape index (κ2) is 11.9. The van der Waals surface area contributed by atoms with Crippen LogP contribution in [0.15, 0.2) is 182 Å². The van der Waals surface area contributed by atoms with E-state index in [0.29, 0.717) is 0 Å². The molecule has 0 aliphatic heterocycles. The fraction of sp³-hybridized carbons (Fsp3) is 0. The van der Waals surface area contributed by atoms with Crippen molar-refractivity contribution in [1.29, 1.82) is 0 Å². The van der Waals surface area contributed by atoms with Crippen LogP contribution in [0, 0.1) is 0 Å². The molecule has 236 valence electrons. The molecule has 50 heavy (non-hydrogen) atoms. The Labute approximate surface area is 298 Å². The van der Waals surface area contributed by atoms with E-state index in [1.807, 2.05) is 22.7 Å². The maximum atomic E-state index is 2.37. The molecule has 2 nitrogen and oxygen atoms in total. The van der Waals surface area contributed by atoms with Crippen molar-refractivity contribution in [2.24, 2.45) is 0 Å². The number of benzene rings is 8. The summed E-state index contributed by atoms with van der Waals surface area (Å²) in [6.07, 6.45) is 0. The normalized spacial score (nSPS) is 11.6. The standard InChI is InChI=1S/C46H30N2S2/c1-5-13-32(14-6-1)47(33-15-7-2-8-16-33)36-23-25-38-42(29-36)49-40-27-21-31-22-28-41-46(44(31)45(38)40)39-26-24-37(30-43(39)50-41)48(34-17-9-3-10-18-34)35-19-11-4-12-20-35/h1-30H. The highest BCUT2D eigenvalue weighted by molar-refractivity contribution is 7.27. The summed E-state index contributed by atoms with van der Waals surface area (Å²) >= 11 is 3.77. The number of hydrogen-bond donors (Lipinski definition) is 0. The largest absolute Gasteiger partial charge is 0.310 e. The summed E-state index contributed by atoms with van der Waals surface area (Å²) < 4.78 is 5.22. The molecule has 0 radical (unpaired) electrons. The third-order valence-electron chi connectivity index (χ3n) is 9.59. The summed E-state index contributed by atoms with van der Waals surface area (Å²) in [4.78, 5) is 4.69. The van der Waals surface area contributed by atoms with Gasteiger partial charge in [0.05, 0.1) is 0 Å². The average molecular weight is 675 g/mol. The highest BCUT2D eigenvalue weighted by atomic mass is 32.1. The van der Waals surface area contributed by atoms with Crippen LogP contribution in [0.5, 0.6) is 0 Å². The van der Waals surface area contributed by atoms with Gasteiger partial charge in [-0.3, -0.25) is 0 Å². The zero-order valence-corrected chi connectivity index (χ0v) is 28.7. The van der Waals surface area contributed by atoms with Gasteiger partial charge in [-0.15, -0.1) is 22.7 Å². The van der Waals surface area contributed by atoms with E-state index >= 15 is 0 Å². The van der Waals surface area contributed by atoms with Crippen LogP contribution in [0.25, 0.3) is 51.1 Å². The Kier molecular flexibility index (Phi) is 6.90. The first-order valence-electron chi connectivity index (χ1n) is 16.8. The van der Waals surface area contributed by atoms with E-state index in [1.165, 1.54) is 51.1 Å². The van der Waals surface area contributed by atoms with Crippen LogP contribution < -0.4 is 9.80 Å². The molecule has 10 rings (SSSR count). The molecule has 2 aromatic heterocycles. The van der Waals surface area contributed by atoms with Crippen molar-refractivity contribution in [2.75, 3.05) is 9.80 Å². The molecule has 8 aromatic carbocycles. The van der Waals surface area contributed by atoms with Crippen molar-refractivity contribution in [3.05, 3.63) is 182 Å². The highest BCUT2D eigenvalue weighted by Crippen LogP contribution is 2.48. The summed E-state index contributed by atoms with van der Waals surface area (Å²) in [7, 11) is 0. The van der Waals surface area contributed by atoms with Crippen LogP contribution in [0.3, 0.4) is 0 Å². The summed E-state index contributed by atoms with van der Waals surface area (Å²) in [5.41, 5.74) is 6.90. The predicted molar refractivity (Wildman–Crippen MR) is 219 cm³/mol. The van der Waals surface area contributed by atoms with Crippen LogP contribution in [0.4, 0.5) is 34.1 Å². The van der Waals surface area contributed by atoms with Gasteiger partial charge in [0.15, 0.2) is 0 Å². The summed E-state index contributed by atoms with van der Waals surface area (Å²) in [5.74, 6) is 0. The number of anilines is 6. The molecule has 0 saturated heterocycles. The van der Waals surface area contributed by atoms with E-state index in [4.69, 9.17) is 0 Å². The van der Waals surface area contributed by atoms with Gasteiger partial charge in [0.25, 0.3) is 0 Å². The lowest BCUT2D eigenvalue weighted by atomic mass is 9.98. The average Bonchev–Trinajstić information content (AvgIpc) is 3.75. The monoisotopic (exact) mass is 674 g/mol. The molecule has 0 spiro atoms. The first kappa shape index (κ1) is 29.0. The Hall–Kier alpha value is -5.94. The minimum Gasteiger partial charge on any atom is -0.310 e. The molecule has 0 bridgehead atoms. The van der Waals surface area contributed by atoms with Gasteiger partial charge in [0.1, 0.15) is 0 Å². The minimum atomic E-state index is 1.15. The van der Waals surface area contributed by atoms with Crippen molar-refractivity contribution < 1.29 is 0 Å². The number of thiophene rings is 2. The summed E-state index contributed by atoms with van der Waals surface area (Å²) in [6.45, 7) is 0. The van der Waals surface area contributed by atoms with E-state index in [9.17, 15) is 0 Å². The zero-order valence-electron chi connectivity index (χ0n) is 27.0. The SMILES string of the molecule is c1ccc(N(c2ccccc2)c2ccc3c(c2)sc2ccc4ccc5sc6cc(N(c7ccccc7)c7ccccc7)ccc6c5c4c23)cc1. The number of hydrogen-bond acceptors (Lipinski definition) is 4. The Morgan fingerprint density at radius 3 is 1.00 bits per heavy atom. The molecule has 0 fully saturated rings. The molecule has 0 aliphatic carbocycles. The molecule has 0 saturated carbocycles. The third kappa shape index (κ3) is 4.76. The van der Waals surface area contributed by atoms with E-state index in [1.54, 1.807) is 0 Å². The molecular weight excluding hydrogens is 645 g/mol. The highest BCUT2D eigenvalue weighted by Gasteiger charge is 2.19. The molecule has 0 amide bonds. The predicted octanol–water partition coefficient (Wildman–Crippen LogP) is 14.5. The number of para-hydroxylation sites is 4. The Morgan fingerprint density at radius 2 is 0.640 bits per heavy atom. The molecule has 0 atom stereocenters. The second-order valence-corrected chi connectivity index (χ2v) is 14.7. The molecule has 0 aliphatic rings. The van der Waals surface area contributed by atoms with Crippen molar-refractivity contribution in [3.63, 3.8) is 0 Å². The first-order valence-corrected chi connectivity index (χ1v) is 18.5. The summed E-state index contributed by atoms with van der Waals surface area (Å²) in [5, 5.41) is 7.95. The number of rotatable bonds is 6. The van der Waals surface area contributed by atoms with Crippen LogP contribution in [-0.2, 0) is 0 Å². The van der Waals surface area contributed by atoms with Gasteiger partial charge < -0.3 is 9.80 Å². The van der Waals surface area contributed by atoms with Crippen LogP contribution in [-0.4, -0.2) is 0 Å². The quantitative estimate of drug-likeness (QED) is 0.173. The lowest BCUT2D eigenvalue weighted by Gasteiger charge is -2.25. The molecule has 4 heteroatoms. The van der Waals surface area contributed by atoms with Crippen molar-refractivity contribution in [1.82, 2.24) is 0 Å². The Balaban J connectivity index is 1.17. The van der Waals surface area contributed by atoms with Gasteiger partial charge >= 0.3 is 0 Å². The van der Waals surface area contributed by atoms with Crippen molar-refractivity contribution in [3.8, 4) is 0 Å². The molecule has 10 aromatic rings. The Morgan fingerprint density at radius 1 is 0.280 bits per heavy atom. The molecular formula is C46H30N2S2. The smallest absolute Gasteiger partial charge is 0.0476 e. The topological polar surface area (TPSA) is 6.48 Å². The van der Waals surface area contributed by atoms with Gasteiger partial charge in [-0.25, -0.2) is 0 Å². The van der Waals surface area contributed by atoms with Crippen molar-refractivity contribution in [2.45, 2.75) is 0 Å². The first-order chi connectivity index (χ1) is 24.8. The molecule has 2 heterocycles. The van der Waals surface area contributed by atoms with Crippen LogP contribution in [0.2, 0.25) is 0 Å². The second-order valence-electron chi connectivity index (χ2n) is 12.6. The van der Waals surface area contributed by atoms with Gasteiger partial charge in [-0.2, -0.15) is 0 Å². The molecule has 0 unspecified atom stereocenters. The van der Waals surface area contributed by atoms with Gasteiger partial charge in [-0.1, -0.05) is 97.1 Å². The lowest BCUT2D eigenvalue weighted by Crippen LogP contribution is -2.09.